The van der Waals surface area contributed by atoms with Crippen LogP contribution in [0, 0.1) is 17.5 Å². The van der Waals surface area contributed by atoms with Crippen LogP contribution in [0.15, 0.2) is 34.9 Å². The van der Waals surface area contributed by atoms with Crippen molar-refractivity contribution < 1.29 is 30.8 Å². The molecule has 136 valence electrons. The first kappa shape index (κ1) is 18.8. The van der Waals surface area contributed by atoms with Gasteiger partial charge in [0.2, 0.25) is 15.9 Å². The van der Waals surface area contributed by atoms with E-state index in [1.165, 1.54) is 6.26 Å². The summed E-state index contributed by atoms with van der Waals surface area (Å²) < 4.78 is 69.4. The summed E-state index contributed by atoms with van der Waals surface area (Å²) in [6.45, 7) is -0.338. The predicted molar refractivity (Wildman–Crippen MR) is 83.7 cm³/mol. The molecule has 25 heavy (non-hydrogen) atoms. The van der Waals surface area contributed by atoms with Gasteiger partial charge in [-0.05, 0) is 24.3 Å². The van der Waals surface area contributed by atoms with Gasteiger partial charge >= 0.3 is 0 Å². The number of halogens is 3. The average molecular weight is 376 g/mol. The number of carbonyl (C=O) groups excluding carboxylic acids is 1. The zero-order chi connectivity index (χ0) is 18.6. The Kier molecular flexibility index (Phi) is 5.73. The highest BCUT2D eigenvalue weighted by Crippen LogP contribution is 2.25. The van der Waals surface area contributed by atoms with Crippen molar-refractivity contribution in [3.05, 3.63) is 53.7 Å². The zero-order valence-corrected chi connectivity index (χ0v) is 13.9. The molecule has 1 aromatic heterocycles. The second-order valence-electron chi connectivity index (χ2n) is 5.14. The second-order valence-corrected chi connectivity index (χ2v) is 7.04. The van der Waals surface area contributed by atoms with Crippen LogP contribution in [0.25, 0.3) is 0 Å². The monoisotopic (exact) mass is 376 g/mol. The van der Waals surface area contributed by atoms with Gasteiger partial charge in [-0.1, -0.05) is 0 Å². The fourth-order valence-corrected chi connectivity index (χ4v) is 2.98. The van der Waals surface area contributed by atoms with E-state index in [0.29, 0.717) is 16.1 Å². The van der Waals surface area contributed by atoms with Gasteiger partial charge in [0.1, 0.15) is 5.76 Å². The molecule has 0 spiro atoms. The molecule has 0 bridgehead atoms. The molecule has 1 N–H and O–H groups in total. The molecule has 1 heterocycles. The maximum absolute atomic E-state index is 13.9. The zero-order valence-electron chi connectivity index (χ0n) is 13.1. The molecule has 0 aliphatic heterocycles. The van der Waals surface area contributed by atoms with Crippen molar-refractivity contribution in [2.24, 2.45) is 0 Å². The maximum Gasteiger partial charge on any atom is 0.232 e. The molecular weight excluding hydrogens is 361 g/mol. The minimum atomic E-state index is -4.02. The van der Waals surface area contributed by atoms with E-state index in [1.807, 2.05) is 0 Å². The van der Waals surface area contributed by atoms with Crippen LogP contribution >= 0.6 is 0 Å². The summed E-state index contributed by atoms with van der Waals surface area (Å²) in [6, 6.07) is 4.69. The Morgan fingerprint density at radius 3 is 2.52 bits per heavy atom. The van der Waals surface area contributed by atoms with Gasteiger partial charge in [-0.15, -0.1) is 0 Å². The summed E-state index contributed by atoms with van der Waals surface area (Å²) in [6.07, 6.45) is 1.89. The van der Waals surface area contributed by atoms with Crippen molar-refractivity contribution in [2.75, 3.05) is 17.1 Å². The number of rotatable bonds is 7. The van der Waals surface area contributed by atoms with Crippen LogP contribution in [-0.4, -0.2) is 27.1 Å². The molecule has 0 fully saturated rings. The fourth-order valence-electron chi connectivity index (χ4n) is 2.06. The van der Waals surface area contributed by atoms with E-state index in [-0.39, 0.29) is 13.0 Å². The molecule has 6 nitrogen and oxygen atoms in total. The Bertz CT molecular complexity index is 854. The average Bonchev–Trinajstić information content (AvgIpc) is 3.05. The normalized spacial score (nSPS) is 11.4. The summed E-state index contributed by atoms with van der Waals surface area (Å²) in [7, 11) is -4.02. The van der Waals surface area contributed by atoms with Crippen molar-refractivity contribution >= 4 is 21.6 Å². The van der Waals surface area contributed by atoms with Gasteiger partial charge in [-0.2, -0.15) is 0 Å². The molecule has 2 rings (SSSR count). The Labute approximate surface area is 142 Å². The summed E-state index contributed by atoms with van der Waals surface area (Å²) in [5.41, 5.74) is -0.666. The summed E-state index contributed by atoms with van der Waals surface area (Å²) in [4.78, 5) is 11.8. The molecule has 10 heteroatoms. The highest BCUT2D eigenvalue weighted by Gasteiger charge is 2.25. The van der Waals surface area contributed by atoms with Crippen LogP contribution in [0.1, 0.15) is 12.2 Å². The molecule has 0 saturated carbocycles. The quantitative estimate of drug-likeness (QED) is 0.751. The van der Waals surface area contributed by atoms with E-state index in [0.717, 1.165) is 12.3 Å². The standard InChI is InChI=1S/C15H15F3N2O4S/c1-25(22,23)20(12-5-4-11(16)14(17)15(12)18)7-6-13(21)19-9-10-3-2-8-24-10/h2-5,8H,6-7,9H2,1H3,(H,19,21). The molecular formula is C15H15F3N2O4S. The van der Waals surface area contributed by atoms with Gasteiger partial charge in [0, 0.05) is 13.0 Å². The van der Waals surface area contributed by atoms with E-state index < -0.39 is 45.6 Å². The fraction of sp³-hybridized carbons (Fsp3) is 0.267. The van der Waals surface area contributed by atoms with E-state index in [9.17, 15) is 26.4 Å². The molecule has 0 unspecified atom stereocenters. The number of amides is 1. The SMILES string of the molecule is CS(=O)(=O)N(CCC(=O)NCc1ccco1)c1ccc(F)c(F)c1F. The number of nitrogens with zero attached hydrogens (tertiary/aromatic N) is 1. The van der Waals surface area contributed by atoms with E-state index >= 15 is 0 Å². The Morgan fingerprint density at radius 2 is 1.92 bits per heavy atom. The maximum atomic E-state index is 13.9. The smallest absolute Gasteiger partial charge is 0.232 e. The van der Waals surface area contributed by atoms with Gasteiger partial charge in [-0.25, -0.2) is 21.6 Å². The van der Waals surface area contributed by atoms with Crippen LogP contribution in [0.4, 0.5) is 18.9 Å². The highest BCUT2D eigenvalue weighted by molar-refractivity contribution is 7.92. The van der Waals surface area contributed by atoms with Crippen LogP contribution < -0.4 is 9.62 Å². The lowest BCUT2D eigenvalue weighted by Crippen LogP contribution is -2.35. The molecule has 0 atom stereocenters. The van der Waals surface area contributed by atoms with Crippen LogP contribution in [0.3, 0.4) is 0 Å². The Balaban J connectivity index is 2.09. The molecule has 0 saturated heterocycles. The number of benzene rings is 1. The first-order chi connectivity index (χ1) is 11.7. The van der Waals surface area contributed by atoms with E-state index in [1.54, 1.807) is 12.1 Å². The van der Waals surface area contributed by atoms with Crippen molar-refractivity contribution in [1.82, 2.24) is 5.32 Å². The minimum Gasteiger partial charge on any atom is -0.467 e. The molecule has 1 amide bonds. The Hall–Kier alpha value is -2.49. The number of furan rings is 1. The van der Waals surface area contributed by atoms with E-state index in [2.05, 4.69) is 5.32 Å². The van der Waals surface area contributed by atoms with Crippen molar-refractivity contribution in [2.45, 2.75) is 13.0 Å². The number of sulfonamides is 1. The van der Waals surface area contributed by atoms with Crippen LogP contribution in [-0.2, 0) is 21.4 Å². The highest BCUT2D eigenvalue weighted by atomic mass is 32.2. The summed E-state index contributed by atoms with van der Waals surface area (Å²) >= 11 is 0. The predicted octanol–water partition coefficient (Wildman–Crippen LogP) is 2.17. The summed E-state index contributed by atoms with van der Waals surface area (Å²) in [5.74, 6) is -4.88. The van der Waals surface area contributed by atoms with Gasteiger partial charge in [-0.3, -0.25) is 9.10 Å². The minimum absolute atomic E-state index is 0.101. The molecule has 0 radical (unpaired) electrons. The first-order valence-corrected chi connectivity index (χ1v) is 8.95. The third kappa shape index (κ3) is 4.75. The van der Waals surface area contributed by atoms with Crippen molar-refractivity contribution in [3.63, 3.8) is 0 Å². The topological polar surface area (TPSA) is 79.6 Å². The van der Waals surface area contributed by atoms with E-state index in [4.69, 9.17) is 4.42 Å². The van der Waals surface area contributed by atoms with Crippen LogP contribution in [0.2, 0.25) is 0 Å². The van der Waals surface area contributed by atoms with Gasteiger partial charge in [0.15, 0.2) is 17.5 Å². The lowest BCUT2D eigenvalue weighted by Gasteiger charge is -2.22. The molecule has 0 aliphatic carbocycles. The largest absolute Gasteiger partial charge is 0.467 e. The molecule has 1 aromatic carbocycles. The Morgan fingerprint density at radius 1 is 1.20 bits per heavy atom. The summed E-state index contributed by atoms with van der Waals surface area (Å²) in [5, 5.41) is 2.50. The number of anilines is 1. The second kappa shape index (κ2) is 7.60. The number of hydrogen-bond acceptors (Lipinski definition) is 4. The van der Waals surface area contributed by atoms with Crippen molar-refractivity contribution in [3.8, 4) is 0 Å². The third-order valence-corrected chi connectivity index (χ3v) is 4.45. The third-order valence-electron chi connectivity index (χ3n) is 3.27. The molecule has 2 aromatic rings. The van der Waals surface area contributed by atoms with Gasteiger partial charge < -0.3 is 9.73 Å². The number of carbonyl (C=O) groups is 1. The van der Waals surface area contributed by atoms with Gasteiger partial charge in [0.05, 0.1) is 24.8 Å². The van der Waals surface area contributed by atoms with Crippen molar-refractivity contribution in [1.29, 1.82) is 0 Å². The lowest BCUT2D eigenvalue weighted by molar-refractivity contribution is -0.121. The first-order valence-electron chi connectivity index (χ1n) is 7.10. The number of nitrogens with one attached hydrogen (secondary N) is 1. The van der Waals surface area contributed by atoms with Gasteiger partial charge in [0.25, 0.3) is 0 Å². The number of hydrogen-bond donors (Lipinski definition) is 1. The lowest BCUT2D eigenvalue weighted by atomic mass is 10.2. The molecule has 0 aliphatic rings. The van der Waals surface area contributed by atoms with Crippen LogP contribution in [0.5, 0.6) is 0 Å².